The molecule has 2 N–H and O–H groups in total. The monoisotopic (exact) mass is 265 g/mol. The lowest BCUT2D eigenvalue weighted by molar-refractivity contribution is 0.423. The van der Waals surface area contributed by atoms with E-state index in [1.54, 1.807) is 11.3 Å². The fourth-order valence-corrected chi connectivity index (χ4v) is 3.52. The molecule has 0 saturated heterocycles. The van der Waals surface area contributed by atoms with Crippen LogP contribution in [0.15, 0.2) is 0 Å². The maximum atomic E-state index is 5.53. The predicted octanol–water partition coefficient (Wildman–Crippen LogP) is 2.12. The van der Waals surface area contributed by atoms with Crippen LogP contribution >= 0.6 is 11.3 Å². The summed E-state index contributed by atoms with van der Waals surface area (Å²) in [5, 5.41) is 14.4. The number of fused-ring (bicyclic) bond motifs is 1. The molecule has 0 aliphatic heterocycles. The molecule has 1 saturated carbocycles. The summed E-state index contributed by atoms with van der Waals surface area (Å²) in [5.41, 5.74) is 5.53. The van der Waals surface area contributed by atoms with Crippen molar-refractivity contribution in [3.63, 3.8) is 0 Å². The van der Waals surface area contributed by atoms with E-state index in [0.29, 0.717) is 5.92 Å². The number of hydrogen-bond acceptors (Lipinski definition) is 5. The van der Waals surface area contributed by atoms with Crippen molar-refractivity contribution in [1.82, 2.24) is 19.8 Å². The third kappa shape index (κ3) is 2.27. The van der Waals surface area contributed by atoms with Crippen molar-refractivity contribution in [2.24, 2.45) is 5.73 Å². The van der Waals surface area contributed by atoms with Gasteiger partial charge in [-0.05, 0) is 25.8 Å². The van der Waals surface area contributed by atoms with Gasteiger partial charge in [0.15, 0.2) is 5.82 Å². The molecular formula is C12H19N5S. The molecule has 3 rings (SSSR count). The van der Waals surface area contributed by atoms with Crippen LogP contribution in [-0.2, 0) is 6.42 Å². The van der Waals surface area contributed by atoms with Crippen LogP contribution in [0.3, 0.4) is 0 Å². The van der Waals surface area contributed by atoms with Crippen LogP contribution in [-0.4, -0.2) is 26.4 Å². The van der Waals surface area contributed by atoms with E-state index in [9.17, 15) is 0 Å². The average molecular weight is 265 g/mol. The lowest BCUT2D eigenvalue weighted by Gasteiger charge is -2.18. The Kier molecular flexibility index (Phi) is 3.56. The maximum Gasteiger partial charge on any atom is 0.234 e. The molecule has 1 aliphatic carbocycles. The zero-order chi connectivity index (χ0) is 12.4. The van der Waals surface area contributed by atoms with Crippen LogP contribution in [0, 0.1) is 0 Å². The largest absolute Gasteiger partial charge is 0.330 e. The molecule has 5 nitrogen and oxygen atoms in total. The summed E-state index contributed by atoms with van der Waals surface area (Å²) in [5.74, 6) is 1.62. The zero-order valence-electron chi connectivity index (χ0n) is 10.5. The highest BCUT2D eigenvalue weighted by molar-refractivity contribution is 7.16. The SMILES string of the molecule is NCCCc1nn2c(C3CCCCC3)nnc2s1. The van der Waals surface area contributed by atoms with Crippen LogP contribution in [0.25, 0.3) is 4.96 Å². The van der Waals surface area contributed by atoms with E-state index >= 15 is 0 Å². The van der Waals surface area contributed by atoms with E-state index in [4.69, 9.17) is 5.73 Å². The highest BCUT2D eigenvalue weighted by Crippen LogP contribution is 2.32. The molecular weight excluding hydrogens is 246 g/mol. The van der Waals surface area contributed by atoms with Gasteiger partial charge in [-0.2, -0.15) is 9.61 Å². The lowest BCUT2D eigenvalue weighted by Crippen LogP contribution is -2.09. The number of rotatable bonds is 4. The van der Waals surface area contributed by atoms with Gasteiger partial charge in [0.2, 0.25) is 4.96 Å². The van der Waals surface area contributed by atoms with Crippen molar-refractivity contribution in [1.29, 1.82) is 0 Å². The van der Waals surface area contributed by atoms with Crippen LogP contribution in [0.2, 0.25) is 0 Å². The van der Waals surface area contributed by atoms with E-state index < -0.39 is 0 Å². The predicted molar refractivity (Wildman–Crippen MR) is 71.9 cm³/mol. The summed E-state index contributed by atoms with van der Waals surface area (Å²) in [6.07, 6.45) is 8.38. The first-order chi connectivity index (χ1) is 8.88. The van der Waals surface area contributed by atoms with Gasteiger partial charge in [-0.1, -0.05) is 30.6 Å². The van der Waals surface area contributed by atoms with Crippen molar-refractivity contribution in [3.05, 3.63) is 10.8 Å². The maximum absolute atomic E-state index is 5.53. The Morgan fingerprint density at radius 1 is 1.22 bits per heavy atom. The Morgan fingerprint density at radius 2 is 2.06 bits per heavy atom. The first-order valence-corrected chi connectivity index (χ1v) is 7.61. The van der Waals surface area contributed by atoms with E-state index in [-0.39, 0.29) is 0 Å². The molecule has 1 aliphatic rings. The van der Waals surface area contributed by atoms with E-state index in [1.807, 2.05) is 4.52 Å². The van der Waals surface area contributed by atoms with Gasteiger partial charge in [0.1, 0.15) is 5.01 Å². The number of aryl methyl sites for hydroxylation is 1. The van der Waals surface area contributed by atoms with Gasteiger partial charge in [-0.3, -0.25) is 0 Å². The Balaban J connectivity index is 1.85. The summed E-state index contributed by atoms with van der Waals surface area (Å²) in [7, 11) is 0. The van der Waals surface area contributed by atoms with E-state index in [0.717, 1.165) is 35.2 Å². The van der Waals surface area contributed by atoms with Gasteiger partial charge < -0.3 is 5.73 Å². The van der Waals surface area contributed by atoms with Crippen LogP contribution in [0.4, 0.5) is 0 Å². The highest BCUT2D eigenvalue weighted by atomic mass is 32.1. The number of aromatic nitrogens is 4. The standard InChI is InChI=1S/C12H19N5S/c13-8-4-7-10-16-17-11(14-15-12(17)18-10)9-5-2-1-3-6-9/h9H,1-8,13H2. The van der Waals surface area contributed by atoms with E-state index in [1.165, 1.54) is 32.1 Å². The molecule has 6 heteroatoms. The van der Waals surface area contributed by atoms with Gasteiger partial charge in [0, 0.05) is 12.3 Å². The van der Waals surface area contributed by atoms with Gasteiger partial charge in [-0.25, -0.2) is 0 Å². The Hall–Kier alpha value is -1.01. The third-order valence-electron chi connectivity index (χ3n) is 3.62. The van der Waals surface area contributed by atoms with Crippen LogP contribution < -0.4 is 5.73 Å². The molecule has 2 heterocycles. The molecule has 2 aromatic rings. The molecule has 98 valence electrons. The smallest absolute Gasteiger partial charge is 0.234 e. The molecule has 0 amide bonds. The van der Waals surface area contributed by atoms with Gasteiger partial charge in [0.25, 0.3) is 0 Å². The minimum atomic E-state index is 0.554. The van der Waals surface area contributed by atoms with Gasteiger partial charge in [0.05, 0.1) is 0 Å². The second-order valence-electron chi connectivity index (χ2n) is 4.98. The normalized spacial score (nSPS) is 17.6. The molecule has 0 atom stereocenters. The second kappa shape index (κ2) is 5.32. The quantitative estimate of drug-likeness (QED) is 0.919. The molecule has 2 aromatic heterocycles. The first kappa shape index (κ1) is 12.0. The summed E-state index contributed by atoms with van der Waals surface area (Å²) in [6.45, 7) is 0.718. The fraction of sp³-hybridized carbons (Fsp3) is 0.750. The molecule has 0 bridgehead atoms. The minimum Gasteiger partial charge on any atom is -0.330 e. The first-order valence-electron chi connectivity index (χ1n) is 6.79. The molecule has 1 fully saturated rings. The number of hydrogen-bond donors (Lipinski definition) is 1. The Labute approximate surface area is 110 Å². The van der Waals surface area contributed by atoms with Crippen molar-refractivity contribution < 1.29 is 0 Å². The summed E-state index contributed by atoms with van der Waals surface area (Å²) in [6, 6.07) is 0. The van der Waals surface area contributed by atoms with Crippen molar-refractivity contribution in [3.8, 4) is 0 Å². The molecule has 18 heavy (non-hydrogen) atoms. The van der Waals surface area contributed by atoms with Crippen LogP contribution in [0.1, 0.15) is 55.3 Å². The Bertz CT molecular complexity index is 511. The van der Waals surface area contributed by atoms with E-state index in [2.05, 4.69) is 15.3 Å². The zero-order valence-corrected chi connectivity index (χ0v) is 11.3. The van der Waals surface area contributed by atoms with Crippen molar-refractivity contribution in [2.45, 2.75) is 50.9 Å². The summed E-state index contributed by atoms with van der Waals surface area (Å²) >= 11 is 1.64. The molecule has 0 unspecified atom stereocenters. The number of nitrogens with zero attached hydrogens (tertiary/aromatic N) is 4. The van der Waals surface area contributed by atoms with Crippen LogP contribution in [0.5, 0.6) is 0 Å². The molecule has 0 spiro atoms. The third-order valence-corrected chi connectivity index (χ3v) is 4.58. The highest BCUT2D eigenvalue weighted by Gasteiger charge is 2.22. The van der Waals surface area contributed by atoms with Crippen molar-refractivity contribution in [2.75, 3.05) is 6.54 Å². The molecule has 0 aromatic carbocycles. The van der Waals surface area contributed by atoms with Gasteiger partial charge in [-0.15, -0.1) is 10.2 Å². The minimum absolute atomic E-state index is 0.554. The Morgan fingerprint density at radius 3 is 2.83 bits per heavy atom. The number of nitrogens with two attached hydrogens (primary N) is 1. The topological polar surface area (TPSA) is 69.1 Å². The van der Waals surface area contributed by atoms with Crippen molar-refractivity contribution >= 4 is 16.3 Å². The average Bonchev–Trinajstić information content (AvgIpc) is 2.96. The molecule has 0 radical (unpaired) electrons. The lowest BCUT2D eigenvalue weighted by atomic mass is 9.89. The summed E-state index contributed by atoms with van der Waals surface area (Å²) < 4.78 is 1.96. The summed E-state index contributed by atoms with van der Waals surface area (Å²) in [4.78, 5) is 0.933. The fourth-order valence-electron chi connectivity index (χ4n) is 2.64. The second-order valence-corrected chi connectivity index (χ2v) is 6.02. The van der Waals surface area contributed by atoms with Gasteiger partial charge >= 0.3 is 0 Å².